The SMILES string of the molecule is CC/C=C\C/C=C\C/C=C\C/C=C\C/C=C\C/C=C\C/C=C\C/C=C\CCCCCCCCCCCCCCCCCCC(=O)NC(COC1OC(CO)C(OC2OC(CO)C(O)C(O)C2O)C(O)C1O)C(O)/C=C/CCCCCCCCCCCCCCCCCCCCCCCCC. The molecule has 0 aliphatic carbocycles. The van der Waals surface area contributed by atoms with E-state index in [9.17, 15) is 45.6 Å². The molecule has 2 fully saturated rings. The van der Waals surface area contributed by atoms with Crippen LogP contribution in [0.5, 0.6) is 0 Å². The molecule has 578 valence electrons. The molecular weight excluding hydrogens is 1250 g/mol. The Kier molecular flexibility index (Phi) is 63.7. The fourth-order valence-electron chi connectivity index (χ4n) is 13.0. The van der Waals surface area contributed by atoms with Gasteiger partial charge in [-0.15, -0.1) is 0 Å². The Hall–Kier alpha value is -3.35. The fourth-order valence-corrected chi connectivity index (χ4v) is 13.0. The van der Waals surface area contributed by atoms with E-state index in [4.69, 9.17) is 18.9 Å². The van der Waals surface area contributed by atoms with E-state index in [1.807, 2.05) is 6.08 Å². The summed E-state index contributed by atoms with van der Waals surface area (Å²) in [6.07, 6.45) is 83.1. The minimum Gasteiger partial charge on any atom is -0.394 e. The van der Waals surface area contributed by atoms with Crippen molar-refractivity contribution in [3.05, 3.63) is 109 Å². The van der Waals surface area contributed by atoms with Crippen LogP contribution in [-0.4, -0.2) is 140 Å². The molecule has 9 N–H and O–H groups in total. The number of carbonyl (C=O) groups excluding carboxylic acids is 1. The highest BCUT2D eigenvalue weighted by Gasteiger charge is 2.51. The molecule has 14 nitrogen and oxygen atoms in total. The first-order valence-corrected chi connectivity index (χ1v) is 41.1. The summed E-state index contributed by atoms with van der Waals surface area (Å²) in [5.74, 6) is -0.238. The predicted octanol–water partition coefficient (Wildman–Crippen LogP) is 19.0. The molecule has 0 bridgehead atoms. The van der Waals surface area contributed by atoms with E-state index in [0.717, 1.165) is 89.9 Å². The fraction of sp³-hybridized carbons (Fsp3) is 0.779. The molecule has 14 heteroatoms. The van der Waals surface area contributed by atoms with Crippen LogP contribution in [0.3, 0.4) is 0 Å². The number of nitrogens with one attached hydrogen (secondary N) is 1. The summed E-state index contributed by atoms with van der Waals surface area (Å²) in [6, 6.07) is -0.921. The van der Waals surface area contributed by atoms with Crippen molar-refractivity contribution in [2.45, 2.75) is 408 Å². The van der Waals surface area contributed by atoms with Gasteiger partial charge in [-0.05, 0) is 83.5 Å². The van der Waals surface area contributed by atoms with Gasteiger partial charge in [-0.25, -0.2) is 0 Å². The van der Waals surface area contributed by atoms with E-state index in [0.29, 0.717) is 6.42 Å². The average Bonchev–Trinajstić information content (AvgIpc) is 0.791. The van der Waals surface area contributed by atoms with Crippen LogP contribution in [0, 0.1) is 0 Å². The molecule has 2 aliphatic heterocycles. The van der Waals surface area contributed by atoms with E-state index < -0.39 is 86.8 Å². The molecule has 2 saturated heterocycles. The number of amides is 1. The lowest BCUT2D eigenvalue weighted by Crippen LogP contribution is -2.65. The highest BCUT2D eigenvalue weighted by molar-refractivity contribution is 5.76. The Morgan fingerprint density at radius 1 is 0.370 bits per heavy atom. The molecule has 0 aromatic carbocycles. The first kappa shape index (κ1) is 92.7. The van der Waals surface area contributed by atoms with Gasteiger partial charge in [0.2, 0.25) is 5.91 Å². The summed E-state index contributed by atoms with van der Waals surface area (Å²) >= 11 is 0. The second-order valence-corrected chi connectivity index (χ2v) is 28.5. The molecule has 0 aromatic rings. The van der Waals surface area contributed by atoms with E-state index in [2.05, 4.69) is 116 Å². The second kappa shape index (κ2) is 68.7. The summed E-state index contributed by atoms with van der Waals surface area (Å²) in [6.45, 7) is 2.73. The maximum Gasteiger partial charge on any atom is 0.220 e. The van der Waals surface area contributed by atoms with Crippen LogP contribution in [0.1, 0.15) is 335 Å². The van der Waals surface area contributed by atoms with Crippen LogP contribution < -0.4 is 5.32 Å². The Morgan fingerprint density at radius 3 is 1.06 bits per heavy atom. The van der Waals surface area contributed by atoms with Crippen LogP contribution in [0.2, 0.25) is 0 Å². The number of aliphatic hydroxyl groups excluding tert-OH is 8. The van der Waals surface area contributed by atoms with Crippen LogP contribution in [0.4, 0.5) is 0 Å². The molecule has 2 aliphatic rings. The maximum absolute atomic E-state index is 13.4. The topological polar surface area (TPSA) is 228 Å². The van der Waals surface area contributed by atoms with Crippen molar-refractivity contribution in [1.82, 2.24) is 5.32 Å². The van der Waals surface area contributed by atoms with Gasteiger partial charge in [0.05, 0.1) is 32.0 Å². The van der Waals surface area contributed by atoms with Crippen LogP contribution >= 0.6 is 0 Å². The molecule has 2 rings (SSSR count). The van der Waals surface area contributed by atoms with E-state index in [-0.39, 0.29) is 18.9 Å². The maximum atomic E-state index is 13.4. The Morgan fingerprint density at radius 2 is 0.690 bits per heavy atom. The van der Waals surface area contributed by atoms with Crippen molar-refractivity contribution >= 4 is 5.91 Å². The van der Waals surface area contributed by atoms with E-state index >= 15 is 0 Å². The first-order valence-electron chi connectivity index (χ1n) is 41.1. The minimum absolute atomic E-state index is 0.238. The predicted molar refractivity (Wildman–Crippen MR) is 415 cm³/mol. The Balaban J connectivity index is 1.59. The number of allylic oxidation sites excluding steroid dienone is 17. The van der Waals surface area contributed by atoms with Gasteiger partial charge in [-0.2, -0.15) is 0 Å². The monoisotopic (exact) mass is 1410 g/mol. The smallest absolute Gasteiger partial charge is 0.220 e. The minimum atomic E-state index is -1.79. The van der Waals surface area contributed by atoms with Gasteiger partial charge in [0.1, 0.15) is 48.8 Å². The molecule has 1 amide bonds. The zero-order valence-corrected chi connectivity index (χ0v) is 63.4. The van der Waals surface area contributed by atoms with Gasteiger partial charge in [0.15, 0.2) is 12.6 Å². The van der Waals surface area contributed by atoms with Crippen molar-refractivity contribution in [3.8, 4) is 0 Å². The first-order chi connectivity index (χ1) is 49.1. The molecule has 12 atom stereocenters. The van der Waals surface area contributed by atoms with Crippen LogP contribution in [-0.2, 0) is 23.7 Å². The Bertz CT molecular complexity index is 2100. The zero-order valence-electron chi connectivity index (χ0n) is 63.4. The molecule has 12 unspecified atom stereocenters. The average molecular weight is 1410 g/mol. The van der Waals surface area contributed by atoms with E-state index in [1.54, 1.807) is 6.08 Å². The van der Waals surface area contributed by atoms with Crippen LogP contribution in [0.25, 0.3) is 0 Å². The van der Waals surface area contributed by atoms with Crippen LogP contribution in [0.15, 0.2) is 109 Å². The van der Waals surface area contributed by atoms with Crippen molar-refractivity contribution < 1.29 is 64.6 Å². The molecule has 0 saturated carbocycles. The quantitative estimate of drug-likeness (QED) is 0.0204. The largest absolute Gasteiger partial charge is 0.394 e. The van der Waals surface area contributed by atoms with Crippen molar-refractivity contribution in [2.24, 2.45) is 0 Å². The number of hydrogen-bond donors (Lipinski definition) is 9. The third-order valence-corrected chi connectivity index (χ3v) is 19.5. The normalized spacial score (nSPS) is 22.4. The molecular formula is C86H151NO13. The molecule has 100 heavy (non-hydrogen) atoms. The van der Waals surface area contributed by atoms with Gasteiger partial charge in [-0.3, -0.25) is 4.79 Å². The molecule has 0 aromatic heterocycles. The van der Waals surface area contributed by atoms with Gasteiger partial charge >= 0.3 is 0 Å². The van der Waals surface area contributed by atoms with Crippen molar-refractivity contribution in [3.63, 3.8) is 0 Å². The summed E-state index contributed by atoms with van der Waals surface area (Å²) in [7, 11) is 0. The number of rotatable bonds is 68. The van der Waals surface area contributed by atoms with Crippen molar-refractivity contribution in [2.75, 3.05) is 19.8 Å². The third-order valence-electron chi connectivity index (χ3n) is 19.5. The highest BCUT2D eigenvalue weighted by atomic mass is 16.7. The molecule has 0 radical (unpaired) electrons. The summed E-state index contributed by atoms with van der Waals surface area (Å²) in [5.41, 5.74) is 0. The second-order valence-electron chi connectivity index (χ2n) is 28.5. The molecule has 0 spiro atoms. The Labute approximate surface area is 610 Å². The lowest BCUT2D eigenvalue weighted by molar-refractivity contribution is -0.359. The number of carbonyl (C=O) groups is 1. The van der Waals surface area contributed by atoms with E-state index in [1.165, 1.54) is 218 Å². The summed E-state index contributed by atoms with van der Waals surface area (Å²) in [5, 5.41) is 87.7. The molecule has 2 heterocycles. The number of aliphatic hydroxyl groups is 8. The van der Waals surface area contributed by atoms with Gasteiger partial charge < -0.3 is 65.1 Å². The highest BCUT2D eigenvalue weighted by Crippen LogP contribution is 2.30. The van der Waals surface area contributed by atoms with Crippen molar-refractivity contribution in [1.29, 1.82) is 0 Å². The summed E-state index contributed by atoms with van der Waals surface area (Å²) in [4.78, 5) is 13.4. The number of unbranched alkanes of at least 4 members (excludes halogenated alkanes) is 39. The lowest BCUT2D eigenvalue weighted by atomic mass is 9.97. The summed E-state index contributed by atoms with van der Waals surface area (Å²) < 4.78 is 22.9. The number of hydrogen-bond acceptors (Lipinski definition) is 13. The van der Waals surface area contributed by atoms with Gasteiger partial charge in [-0.1, -0.05) is 354 Å². The zero-order chi connectivity index (χ0) is 72.2. The van der Waals surface area contributed by atoms with Gasteiger partial charge in [0.25, 0.3) is 0 Å². The lowest BCUT2D eigenvalue weighted by Gasteiger charge is -2.46. The standard InChI is InChI=1S/C86H151NO13/c1-3-5-7-9-11-13-15-17-19-21-23-25-27-29-30-31-32-33-34-35-36-37-38-39-40-41-42-43-44-46-48-50-52-54-56-58-60-62-64-66-68-70-78(91)87-74(73-97-85-83(96)81(94)84(77(72-89)99-85)100-86-82(95)80(93)79(92)76(71-88)98-86)75(90)69-67-65-63-61-59-57-55-53-51-49-47-45-28-26-24-22-20-18-16-14-12-10-8-6-4-2/h5,7,11,13,17,19,23,25,29-30,32-33,35-36,38-39,67,69,74-77,79-86,88-90,92-96H,3-4,6,8-10,12,14-16,18,20-22,24,26-28,31,34,37,40-66,68,70-73H2,1-2H3,(H,87,91)/b7-5-,13-11-,19-17-,25-23-,30-29-,33-32-,36-35-,39-38-,69-67+. The third kappa shape index (κ3) is 50.9. The van der Waals surface area contributed by atoms with Gasteiger partial charge in [0, 0.05) is 6.42 Å². The number of ether oxygens (including phenoxy) is 4.